The summed E-state index contributed by atoms with van der Waals surface area (Å²) in [7, 11) is -4.16. The van der Waals surface area contributed by atoms with Crippen molar-refractivity contribution in [3.63, 3.8) is 0 Å². The van der Waals surface area contributed by atoms with Gasteiger partial charge in [-0.25, -0.2) is 0 Å². The van der Waals surface area contributed by atoms with E-state index >= 15 is 0 Å². The molecule has 277 valence electrons. The normalized spacial score (nSPS) is 13.8. The second-order valence-electron chi connectivity index (χ2n) is 15.4. The van der Waals surface area contributed by atoms with E-state index in [9.17, 15) is 0 Å². The van der Waals surface area contributed by atoms with Crippen LogP contribution < -0.4 is 41.2 Å². The van der Waals surface area contributed by atoms with Crippen molar-refractivity contribution in [3.8, 4) is 11.1 Å². The summed E-state index contributed by atoms with van der Waals surface area (Å²) in [5.41, 5.74) is 5.99. The third-order valence-electron chi connectivity index (χ3n) is 12.3. The van der Waals surface area contributed by atoms with Crippen molar-refractivity contribution in [2.75, 3.05) is 4.90 Å². The molecule has 0 N–H and O–H groups in total. The molecule has 0 unspecified atom stereocenters. The Labute approximate surface area is 355 Å². The lowest BCUT2D eigenvalue weighted by Crippen LogP contribution is -2.87. The number of thiophene rings is 1. The van der Waals surface area contributed by atoms with E-state index in [-0.39, 0.29) is 0 Å². The van der Waals surface area contributed by atoms with Crippen LogP contribution in [0.3, 0.4) is 0 Å². The molecule has 0 saturated heterocycles. The Morgan fingerprint density at radius 1 is 0.407 bits per heavy atom. The van der Waals surface area contributed by atoms with E-state index in [1.165, 1.54) is 83.1 Å². The number of benzene rings is 9. The summed E-state index contributed by atoms with van der Waals surface area (Å²) >= 11 is 3.82. The SMILES string of the molecule is c1ccc(N(c2ccc(-c3cccc4c3sc3ccccc34)cc2)c2ccc3c(c2)[Si]2(c4ccccc4Sc4ccccc42)c2ccccc2[Si]3c2ccccc2)cc1. The van der Waals surface area contributed by atoms with Gasteiger partial charge in [0.15, 0.2) is 16.9 Å². The van der Waals surface area contributed by atoms with Crippen molar-refractivity contribution in [3.05, 3.63) is 218 Å². The molecular weight excluding hydrogens is 783 g/mol. The Morgan fingerprint density at radius 2 is 0.983 bits per heavy atom. The molecule has 1 spiro atoms. The first-order chi connectivity index (χ1) is 29.3. The molecule has 0 aliphatic carbocycles. The molecule has 3 heterocycles. The summed E-state index contributed by atoms with van der Waals surface area (Å²) in [6, 6.07) is 82.6. The number of nitrogens with zero attached hydrogens (tertiary/aromatic N) is 1. The number of hydrogen-bond donors (Lipinski definition) is 0. The van der Waals surface area contributed by atoms with Crippen LogP contribution in [-0.2, 0) is 0 Å². The van der Waals surface area contributed by atoms with E-state index in [0.717, 1.165) is 11.4 Å². The molecular formula is C54H36NS2Si2. The Balaban J connectivity index is 1.10. The highest BCUT2D eigenvalue weighted by Gasteiger charge is 2.53. The second-order valence-corrected chi connectivity index (χ2v) is 23.6. The first kappa shape index (κ1) is 34.8. The van der Waals surface area contributed by atoms with E-state index in [1.807, 2.05) is 23.1 Å². The maximum absolute atomic E-state index is 2.82. The lowest BCUT2D eigenvalue weighted by molar-refractivity contribution is 1.29. The van der Waals surface area contributed by atoms with Crippen LogP contribution in [0.5, 0.6) is 0 Å². The van der Waals surface area contributed by atoms with Gasteiger partial charge in [0, 0.05) is 47.0 Å². The molecule has 9 aromatic carbocycles. The minimum atomic E-state index is -2.82. The van der Waals surface area contributed by atoms with Gasteiger partial charge >= 0.3 is 0 Å². The smallest absolute Gasteiger partial charge is 0.181 e. The number of rotatable bonds is 5. The fraction of sp³-hybridized carbons (Fsp3) is 0. The maximum atomic E-state index is 2.60. The first-order valence-electron chi connectivity index (χ1n) is 20.2. The van der Waals surface area contributed by atoms with Gasteiger partial charge in [-0.2, -0.15) is 0 Å². The lowest BCUT2D eigenvalue weighted by Gasteiger charge is -2.46. The Bertz CT molecular complexity index is 3170. The second kappa shape index (κ2) is 14.0. The summed E-state index contributed by atoms with van der Waals surface area (Å²) in [5, 5.41) is 13.2. The van der Waals surface area contributed by atoms with Crippen molar-refractivity contribution < 1.29 is 0 Å². The van der Waals surface area contributed by atoms with Crippen LogP contribution in [0.15, 0.2) is 228 Å². The quantitative estimate of drug-likeness (QED) is 0.159. The zero-order valence-electron chi connectivity index (χ0n) is 32.0. The number of hydrogen-bond acceptors (Lipinski definition) is 3. The Kier molecular flexibility index (Phi) is 8.24. The van der Waals surface area contributed by atoms with E-state index in [4.69, 9.17) is 0 Å². The van der Waals surface area contributed by atoms with Crippen LogP contribution in [0.2, 0.25) is 0 Å². The highest BCUT2D eigenvalue weighted by Crippen LogP contribution is 2.42. The van der Waals surface area contributed by atoms with Crippen molar-refractivity contribution in [2.45, 2.75) is 9.79 Å². The number of para-hydroxylation sites is 1. The Hall–Kier alpha value is -6.22. The van der Waals surface area contributed by atoms with Gasteiger partial charge < -0.3 is 4.90 Å². The molecule has 0 fully saturated rings. The fourth-order valence-corrected chi connectivity index (χ4v) is 22.7. The van der Waals surface area contributed by atoms with Crippen LogP contribution in [-0.4, -0.2) is 16.9 Å². The average Bonchev–Trinajstić information content (AvgIpc) is 3.69. The van der Waals surface area contributed by atoms with E-state index in [2.05, 4.69) is 223 Å². The van der Waals surface area contributed by atoms with Gasteiger partial charge in [0.1, 0.15) is 0 Å². The van der Waals surface area contributed by atoms with Crippen LogP contribution in [0, 0.1) is 0 Å². The van der Waals surface area contributed by atoms with Gasteiger partial charge in [-0.05, 0) is 86.5 Å². The monoisotopic (exact) mass is 818 g/mol. The summed E-state index contributed by atoms with van der Waals surface area (Å²) in [6.07, 6.45) is 0. The summed E-state index contributed by atoms with van der Waals surface area (Å²) in [6.45, 7) is 0. The summed E-state index contributed by atoms with van der Waals surface area (Å²) in [4.78, 5) is 5.23. The average molecular weight is 819 g/mol. The molecule has 0 atom stereocenters. The van der Waals surface area contributed by atoms with Gasteiger partial charge in [-0.1, -0.05) is 191 Å². The molecule has 1 aromatic heterocycles. The van der Waals surface area contributed by atoms with Gasteiger partial charge in [-0.15, -0.1) is 11.3 Å². The molecule has 1 nitrogen and oxygen atoms in total. The van der Waals surface area contributed by atoms with Crippen LogP contribution in [0.1, 0.15) is 0 Å². The molecule has 10 aromatic rings. The third kappa shape index (κ3) is 5.36. The number of anilines is 3. The number of fused-ring (bicyclic) bond motifs is 11. The van der Waals surface area contributed by atoms with Gasteiger partial charge in [-0.3, -0.25) is 0 Å². The van der Waals surface area contributed by atoms with Gasteiger partial charge in [0.05, 0.1) is 0 Å². The third-order valence-corrected chi connectivity index (χ3v) is 23.3. The minimum absolute atomic E-state index is 1.14. The van der Waals surface area contributed by atoms with Crippen LogP contribution in [0.25, 0.3) is 31.3 Å². The van der Waals surface area contributed by atoms with E-state index < -0.39 is 16.9 Å². The standard InChI is InChI=1S/C54H36NS2Si2/c1-3-16-38(17-4-1)55(39-32-30-37(31-33-39)42-21-15-22-44-43-20-7-8-23-45(43)57-54(42)44)40-34-35-49-53(36-40)59(50-27-12-9-24-46(50)56-47-25-10-13-28-51(47)59)52-29-14-11-26-48(52)58(49)41-18-5-2-6-19-41/h1-36H. The van der Waals surface area contributed by atoms with Gasteiger partial charge in [0.2, 0.25) is 0 Å². The molecule has 0 bridgehead atoms. The van der Waals surface area contributed by atoms with E-state index in [0.29, 0.717) is 0 Å². The first-order valence-corrected chi connectivity index (χ1v) is 25.3. The molecule has 2 aliphatic rings. The zero-order chi connectivity index (χ0) is 38.9. The predicted molar refractivity (Wildman–Crippen MR) is 258 cm³/mol. The molecule has 2 aliphatic heterocycles. The maximum Gasteiger partial charge on any atom is 0.181 e. The van der Waals surface area contributed by atoms with Crippen molar-refractivity contribution in [1.82, 2.24) is 0 Å². The molecule has 12 rings (SSSR count). The molecule has 0 saturated carbocycles. The lowest BCUT2D eigenvalue weighted by atomic mass is 10.0. The van der Waals surface area contributed by atoms with Crippen molar-refractivity contribution in [1.29, 1.82) is 0 Å². The highest BCUT2D eigenvalue weighted by atomic mass is 32.2. The van der Waals surface area contributed by atoms with Crippen molar-refractivity contribution >= 4 is 114 Å². The summed E-state index contributed by atoms with van der Waals surface area (Å²) in [5.74, 6) is 0. The molecule has 1 radical (unpaired) electrons. The highest BCUT2D eigenvalue weighted by molar-refractivity contribution is 8.00. The Morgan fingerprint density at radius 3 is 1.75 bits per heavy atom. The van der Waals surface area contributed by atoms with Crippen molar-refractivity contribution in [2.24, 2.45) is 0 Å². The molecule has 5 heteroatoms. The zero-order valence-corrected chi connectivity index (χ0v) is 35.7. The van der Waals surface area contributed by atoms with Gasteiger partial charge in [0.25, 0.3) is 0 Å². The molecule has 0 amide bonds. The fourth-order valence-electron chi connectivity index (χ4n) is 9.80. The minimum Gasteiger partial charge on any atom is -0.311 e. The topological polar surface area (TPSA) is 3.24 Å². The predicted octanol–water partition coefficient (Wildman–Crippen LogP) is 9.86. The largest absolute Gasteiger partial charge is 0.311 e. The van der Waals surface area contributed by atoms with E-state index in [1.54, 1.807) is 0 Å². The van der Waals surface area contributed by atoms with Crippen LogP contribution in [0.4, 0.5) is 17.1 Å². The molecule has 59 heavy (non-hydrogen) atoms. The van der Waals surface area contributed by atoms with Crippen LogP contribution >= 0.6 is 23.1 Å². The summed E-state index contributed by atoms with van der Waals surface area (Å²) < 4.78 is 2.67.